The molecule has 0 radical (unpaired) electrons. The summed E-state index contributed by atoms with van der Waals surface area (Å²) in [6.07, 6.45) is 4.48. The zero-order chi connectivity index (χ0) is 14.7. The largest absolute Gasteiger partial charge is 0.368 e. The van der Waals surface area contributed by atoms with E-state index in [0.717, 1.165) is 24.4 Å². The second-order valence-corrected chi connectivity index (χ2v) is 6.73. The van der Waals surface area contributed by atoms with Crippen molar-refractivity contribution in [2.75, 3.05) is 11.4 Å². The summed E-state index contributed by atoms with van der Waals surface area (Å²) < 4.78 is 0. The van der Waals surface area contributed by atoms with Crippen LogP contribution in [0.3, 0.4) is 0 Å². The highest BCUT2D eigenvalue weighted by atomic mass is 35.5. The first kappa shape index (κ1) is 15.7. The summed E-state index contributed by atoms with van der Waals surface area (Å²) in [4.78, 5) is 2.57. The molecule has 2 nitrogen and oxygen atoms in total. The van der Waals surface area contributed by atoms with E-state index in [4.69, 9.17) is 17.3 Å². The van der Waals surface area contributed by atoms with E-state index in [-0.39, 0.29) is 6.04 Å². The van der Waals surface area contributed by atoms with Gasteiger partial charge in [-0.05, 0) is 55.4 Å². The summed E-state index contributed by atoms with van der Waals surface area (Å²) in [5.41, 5.74) is 8.80. The molecule has 1 aromatic carbocycles. The number of rotatable bonds is 5. The Morgan fingerprint density at radius 3 is 2.80 bits per heavy atom. The van der Waals surface area contributed by atoms with E-state index in [9.17, 15) is 0 Å². The predicted molar refractivity (Wildman–Crippen MR) is 88.6 cm³/mol. The molecule has 3 heteroatoms. The van der Waals surface area contributed by atoms with Gasteiger partial charge in [0, 0.05) is 29.3 Å². The summed E-state index contributed by atoms with van der Waals surface area (Å²) in [6.45, 7) is 7.92. The number of hydrogen-bond donors (Lipinski definition) is 1. The highest BCUT2D eigenvalue weighted by Crippen LogP contribution is 2.34. The lowest BCUT2D eigenvalue weighted by Crippen LogP contribution is -2.34. The quantitative estimate of drug-likeness (QED) is 0.880. The third-order valence-electron chi connectivity index (χ3n) is 4.43. The Labute approximate surface area is 128 Å². The molecule has 0 saturated carbocycles. The fourth-order valence-electron chi connectivity index (χ4n) is 3.21. The Hall–Kier alpha value is -0.730. The van der Waals surface area contributed by atoms with Crippen molar-refractivity contribution >= 4 is 17.3 Å². The molecule has 1 aliphatic rings. The van der Waals surface area contributed by atoms with Gasteiger partial charge in [0.15, 0.2) is 0 Å². The zero-order valence-corrected chi connectivity index (χ0v) is 13.7. The average molecular weight is 295 g/mol. The summed E-state index contributed by atoms with van der Waals surface area (Å²) in [7, 11) is 0. The van der Waals surface area contributed by atoms with Crippen molar-refractivity contribution < 1.29 is 0 Å². The van der Waals surface area contributed by atoms with Crippen LogP contribution in [0.5, 0.6) is 0 Å². The summed E-state index contributed by atoms with van der Waals surface area (Å²) in [6, 6.07) is 7.15. The highest BCUT2D eigenvalue weighted by molar-refractivity contribution is 6.30. The zero-order valence-electron chi connectivity index (χ0n) is 12.9. The van der Waals surface area contributed by atoms with Gasteiger partial charge in [0.1, 0.15) is 0 Å². The number of nitrogens with zero attached hydrogens (tertiary/aromatic N) is 1. The summed E-state index contributed by atoms with van der Waals surface area (Å²) in [5.74, 6) is 0.681. The van der Waals surface area contributed by atoms with Crippen LogP contribution in [0.25, 0.3) is 0 Å². The minimum atomic E-state index is 0.215. The number of benzene rings is 1. The van der Waals surface area contributed by atoms with Gasteiger partial charge in [-0.15, -0.1) is 0 Å². The van der Waals surface area contributed by atoms with Crippen LogP contribution in [0.15, 0.2) is 18.2 Å². The second-order valence-electron chi connectivity index (χ2n) is 6.29. The van der Waals surface area contributed by atoms with E-state index in [2.05, 4.69) is 37.8 Å². The van der Waals surface area contributed by atoms with Crippen molar-refractivity contribution in [3.05, 3.63) is 28.8 Å². The van der Waals surface area contributed by atoms with E-state index >= 15 is 0 Å². The maximum Gasteiger partial charge on any atom is 0.0410 e. The van der Waals surface area contributed by atoms with Crippen molar-refractivity contribution in [3.8, 4) is 0 Å². The molecular formula is C17H27ClN2. The Morgan fingerprint density at radius 2 is 2.15 bits per heavy atom. The van der Waals surface area contributed by atoms with Crippen molar-refractivity contribution in [1.29, 1.82) is 0 Å². The van der Waals surface area contributed by atoms with Crippen molar-refractivity contribution in [2.24, 2.45) is 11.7 Å². The molecule has 1 aromatic rings. The lowest BCUT2D eigenvalue weighted by atomic mass is 9.98. The van der Waals surface area contributed by atoms with Crippen molar-refractivity contribution in [3.63, 3.8) is 0 Å². The monoisotopic (exact) mass is 294 g/mol. The van der Waals surface area contributed by atoms with Crippen LogP contribution < -0.4 is 10.6 Å². The van der Waals surface area contributed by atoms with E-state index in [1.54, 1.807) is 0 Å². The van der Waals surface area contributed by atoms with E-state index < -0.39 is 0 Å². The molecule has 0 spiro atoms. The first-order valence-corrected chi connectivity index (χ1v) is 8.21. The van der Waals surface area contributed by atoms with Crippen LogP contribution in [0.1, 0.15) is 45.6 Å². The fraction of sp³-hybridized carbons (Fsp3) is 0.647. The molecule has 1 fully saturated rings. The van der Waals surface area contributed by atoms with E-state index in [0.29, 0.717) is 12.0 Å². The molecule has 1 aliphatic heterocycles. The Bertz CT molecular complexity index is 445. The molecule has 2 rings (SSSR count). The Kier molecular flexibility index (Phi) is 5.34. The van der Waals surface area contributed by atoms with Crippen LogP contribution in [0.4, 0.5) is 5.69 Å². The SMILES string of the molecule is CCC(N)Cc1cc(Cl)ccc1N1CCCC1C(C)C. The van der Waals surface area contributed by atoms with Gasteiger partial charge in [-0.1, -0.05) is 32.4 Å². The molecule has 20 heavy (non-hydrogen) atoms. The van der Waals surface area contributed by atoms with Gasteiger partial charge >= 0.3 is 0 Å². The molecule has 112 valence electrons. The standard InChI is InChI=1S/C17H27ClN2/c1-4-15(19)11-13-10-14(18)7-8-17(13)20-9-5-6-16(20)12(2)3/h7-8,10,12,15-16H,4-6,9,11,19H2,1-3H3. The molecule has 1 saturated heterocycles. The molecule has 0 aromatic heterocycles. The van der Waals surface area contributed by atoms with Gasteiger partial charge in [-0.2, -0.15) is 0 Å². The molecule has 2 N–H and O–H groups in total. The summed E-state index contributed by atoms with van der Waals surface area (Å²) >= 11 is 6.19. The lowest BCUT2D eigenvalue weighted by molar-refractivity contribution is 0.490. The molecule has 2 atom stereocenters. The molecule has 0 aliphatic carbocycles. The number of nitrogens with two attached hydrogens (primary N) is 1. The molecule has 2 unspecified atom stereocenters. The number of anilines is 1. The highest BCUT2D eigenvalue weighted by Gasteiger charge is 2.28. The average Bonchev–Trinajstić information content (AvgIpc) is 2.88. The van der Waals surface area contributed by atoms with Crippen molar-refractivity contribution in [2.45, 2.75) is 58.5 Å². The van der Waals surface area contributed by atoms with Crippen LogP contribution in [-0.2, 0) is 6.42 Å². The fourth-order valence-corrected chi connectivity index (χ4v) is 3.40. The van der Waals surface area contributed by atoms with Crippen LogP contribution >= 0.6 is 11.6 Å². The third-order valence-corrected chi connectivity index (χ3v) is 4.66. The van der Waals surface area contributed by atoms with Crippen LogP contribution in [0, 0.1) is 5.92 Å². The lowest BCUT2D eigenvalue weighted by Gasteiger charge is -2.32. The maximum absolute atomic E-state index is 6.19. The predicted octanol–water partition coefficient (Wildman–Crippen LogP) is 4.24. The maximum atomic E-state index is 6.19. The Balaban J connectivity index is 2.30. The summed E-state index contributed by atoms with van der Waals surface area (Å²) in [5, 5.41) is 0.812. The normalized spacial score (nSPS) is 20.7. The Morgan fingerprint density at radius 1 is 1.40 bits per heavy atom. The third kappa shape index (κ3) is 3.48. The molecule has 1 heterocycles. The van der Waals surface area contributed by atoms with Gasteiger partial charge < -0.3 is 10.6 Å². The van der Waals surface area contributed by atoms with Gasteiger partial charge in [-0.25, -0.2) is 0 Å². The van der Waals surface area contributed by atoms with Crippen LogP contribution in [-0.4, -0.2) is 18.6 Å². The molecule has 0 amide bonds. The number of hydrogen-bond acceptors (Lipinski definition) is 2. The first-order chi connectivity index (χ1) is 9.52. The van der Waals surface area contributed by atoms with Gasteiger partial charge in [-0.3, -0.25) is 0 Å². The number of halogens is 1. The van der Waals surface area contributed by atoms with Gasteiger partial charge in [0.2, 0.25) is 0 Å². The molecule has 0 bridgehead atoms. The van der Waals surface area contributed by atoms with Crippen molar-refractivity contribution in [1.82, 2.24) is 0 Å². The van der Waals surface area contributed by atoms with E-state index in [1.807, 2.05) is 6.07 Å². The second kappa shape index (κ2) is 6.82. The van der Waals surface area contributed by atoms with E-state index in [1.165, 1.54) is 24.1 Å². The minimum Gasteiger partial charge on any atom is -0.368 e. The van der Waals surface area contributed by atoms with Gasteiger partial charge in [0.25, 0.3) is 0 Å². The van der Waals surface area contributed by atoms with Gasteiger partial charge in [0.05, 0.1) is 0 Å². The minimum absolute atomic E-state index is 0.215. The molecular weight excluding hydrogens is 268 g/mol. The first-order valence-electron chi connectivity index (χ1n) is 7.83. The van der Waals surface area contributed by atoms with Crippen LogP contribution in [0.2, 0.25) is 5.02 Å². The topological polar surface area (TPSA) is 29.3 Å². The smallest absolute Gasteiger partial charge is 0.0410 e.